The maximum atomic E-state index is 9.59. The van der Waals surface area contributed by atoms with Crippen LogP contribution in [0.15, 0.2) is 30.3 Å². The average Bonchev–Trinajstić information content (AvgIpc) is 2.00. The van der Waals surface area contributed by atoms with E-state index in [0.29, 0.717) is 12.3 Å². The third-order valence-corrected chi connectivity index (χ3v) is 1.44. The average molecular weight is 153 g/mol. The molecule has 2 heteroatoms. The minimum absolute atomic E-state index is 0.565. The maximum Gasteiger partial charge on any atom is 0.121 e. The summed E-state index contributed by atoms with van der Waals surface area (Å²) in [5.41, 5.74) is -0.479. The second-order valence-electron chi connectivity index (χ2n) is 2.42. The van der Waals surface area contributed by atoms with Crippen molar-refractivity contribution in [3.8, 4) is 0 Å². The number of rotatable bonds is 4. The quantitative estimate of drug-likeness (QED) is 0.482. The maximum absolute atomic E-state index is 9.59. The zero-order valence-corrected chi connectivity index (χ0v) is 7.17. The number of hydrogen-bond donors (Lipinski definition) is 1. The Bertz CT molecular complexity index is 180. The second-order valence-corrected chi connectivity index (χ2v) is 2.42. The predicted molar refractivity (Wildman–Crippen MR) is 49.0 cm³/mol. The van der Waals surface area contributed by atoms with E-state index in [1.165, 1.54) is 6.08 Å². The third-order valence-electron chi connectivity index (χ3n) is 1.44. The van der Waals surface area contributed by atoms with Gasteiger partial charge >= 0.3 is 0 Å². The smallest absolute Gasteiger partial charge is 0.121 e. The fourth-order valence-corrected chi connectivity index (χ4v) is 0.706. The monoisotopic (exact) mass is 153 g/mol. The van der Waals surface area contributed by atoms with Gasteiger partial charge in [-0.1, -0.05) is 19.2 Å². The third kappa shape index (κ3) is 2.68. The normalized spacial score (nSPS) is 17.2. The van der Waals surface area contributed by atoms with Crippen molar-refractivity contribution in [3.63, 3.8) is 0 Å². The highest BCUT2D eigenvalue weighted by Crippen LogP contribution is 2.08. The van der Waals surface area contributed by atoms with Gasteiger partial charge in [0.15, 0.2) is 0 Å². The Morgan fingerprint density at radius 3 is 2.45 bits per heavy atom. The minimum atomic E-state index is -1.04. The summed E-state index contributed by atoms with van der Waals surface area (Å²) in [5.74, 6) is 0. The molecule has 11 heavy (non-hydrogen) atoms. The lowest BCUT2D eigenvalue weighted by molar-refractivity contribution is 0.185. The number of nitrogens with zero attached hydrogens (tertiary/aromatic N) is 1. The van der Waals surface area contributed by atoms with E-state index in [9.17, 15) is 5.11 Å². The van der Waals surface area contributed by atoms with Crippen LogP contribution in [0.25, 0.3) is 0 Å². The molecule has 0 aromatic carbocycles. The molecule has 0 radical (unpaired) electrons. The first kappa shape index (κ1) is 10.1. The summed E-state index contributed by atoms with van der Waals surface area (Å²) in [5, 5.41) is 9.59. The van der Waals surface area contributed by atoms with Crippen molar-refractivity contribution in [2.24, 2.45) is 4.99 Å². The van der Waals surface area contributed by atoms with Gasteiger partial charge in [-0.15, -0.1) is 0 Å². The molecule has 0 aromatic heterocycles. The van der Waals surface area contributed by atoms with Gasteiger partial charge in [-0.05, 0) is 19.9 Å². The van der Waals surface area contributed by atoms with E-state index in [2.05, 4.69) is 18.2 Å². The molecule has 0 bridgehead atoms. The molecule has 0 saturated heterocycles. The van der Waals surface area contributed by atoms with Crippen LogP contribution >= 0.6 is 0 Å². The highest BCUT2D eigenvalue weighted by atomic mass is 16.3. The molecule has 0 aromatic rings. The van der Waals surface area contributed by atoms with Crippen LogP contribution in [0.1, 0.15) is 13.8 Å². The molecule has 1 unspecified atom stereocenters. The molecule has 62 valence electrons. The van der Waals surface area contributed by atoms with Crippen molar-refractivity contribution in [2.75, 3.05) is 6.54 Å². The Labute approximate surface area is 68.0 Å². The lowest BCUT2D eigenvalue weighted by atomic mass is 10.0. The van der Waals surface area contributed by atoms with Gasteiger partial charge in [0.1, 0.15) is 5.60 Å². The molecular weight excluding hydrogens is 138 g/mol. The summed E-state index contributed by atoms with van der Waals surface area (Å²) >= 11 is 0. The van der Waals surface area contributed by atoms with Crippen LogP contribution in [0.4, 0.5) is 0 Å². The fraction of sp³-hybridized carbons (Fsp3) is 0.444. The van der Waals surface area contributed by atoms with Crippen molar-refractivity contribution in [1.82, 2.24) is 0 Å². The lowest BCUT2D eigenvalue weighted by Gasteiger charge is -2.18. The van der Waals surface area contributed by atoms with Crippen LogP contribution in [-0.2, 0) is 0 Å². The molecule has 0 fully saturated rings. The molecular formula is C9H15NO. The molecule has 0 amide bonds. The largest absolute Gasteiger partial charge is 0.380 e. The number of aliphatic imine (C=N–C) groups is 1. The standard InChI is InChI=1S/C9H15NO/c1-5-8(10-7-3)9(4,11)6-2/h5-6,11H,1-2,7H2,3-4H3. The first-order valence-corrected chi connectivity index (χ1v) is 3.61. The highest BCUT2D eigenvalue weighted by molar-refractivity contribution is 6.02. The molecule has 1 atom stereocenters. The van der Waals surface area contributed by atoms with E-state index in [4.69, 9.17) is 0 Å². The summed E-state index contributed by atoms with van der Waals surface area (Å²) < 4.78 is 0. The van der Waals surface area contributed by atoms with Crippen LogP contribution in [0.2, 0.25) is 0 Å². The Morgan fingerprint density at radius 1 is 1.64 bits per heavy atom. The molecule has 2 nitrogen and oxygen atoms in total. The van der Waals surface area contributed by atoms with Crippen LogP contribution in [-0.4, -0.2) is 23.0 Å². The van der Waals surface area contributed by atoms with E-state index < -0.39 is 5.60 Å². The minimum Gasteiger partial charge on any atom is -0.380 e. The summed E-state index contributed by atoms with van der Waals surface area (Å²) in [4.78, 5) is 4.06. The van der Waals surface area contributed by atoms with Gasteiger partial charge in [0.05, 0.1) is 5.71 Å². The molecule has 0 heterocycles. The van der Waals surface area contributed by atoms with Gasteiger partial charge in [-0.2, -0.15) is 0 Å². The summed E-state index contributed by atoms with van der Waals surface area (Å²) in [6.07, 6.45) is 2.99. The summed E-state index contributed by atoms with van der Waals surface area (Å²) in [6, 6.07) is 0. The fourth-order valence-electron chi connectivity index (χ4n) is 0.706. The van der Waals surface area contributed by atoms with E-state index in [0.717, 1.165) is 0 Å². The molecule has 0 aliphatic rings. The molecule has 0 spiro atoms. The van der Waals surface area contributed by atoms with Crippen molar-refractivity contribution in [3.05, 3.63) is 25.3 Å². The second kappa shape index (κ2) is 4.09. The van der Waals surface area contributed by atoms with Crippen molar-refractivity contribution >= 4 is 5.71 Å². The summed E-state index contributed by atoms with van der Waals surface area (Å²) in [7, 11) is 0. The van der Waals surface area contributed by atoms with Crippen LogP contribution in [0, 0.1) is 0 Å². The van der Waals surface area contributed by atoms with E-state index in [1.54, 1.807) is 13.0 Å². The molecule has 0 aliphatic heterocycles. The van der Waals surface area contributed by atoms with Gasteiger partial charge in [-0.25, -0.2) is 0 Å². The van der Waals surface area contributed by atoms with Crippen LogP contribution in [0.3, 0.4) is 0 Å². The zero-order chi connectivity index (χ0) is 8.91. The molecule has 0 rings (SSSR count). The van der Waals surface area contributed by atoms with Gasteiger partial charge in [-0.3, -0.25) is 4.99 Å². The van der Waals surface area contributed by atoms with E-state index in [-0.39, 0.29) is 0 Å². The van der Waals surface area contributed by atoms with E-state index in [1.807, 2.05) is 6.92 Å². The molecule has 1 N–H and O–H groups in total. The molecule has 0 aliphatic carbocycles. The van der Waals surface area contributed by atoms with E-state index >= 15 is 0 Å². The topological polar surface area (TPSA) is 32.6 Å². The lowest BCUT2D eigenvalue weighted by Crippen LogP contribution is -2.31. The van der Waals surface area contributed by atoms with Gasteiger partial charge < -0.3 is 5.11 Å². The van der Waals surface area contributed by atoms with Crippen molar-refractivity contribution < 1.29 is 5.11 Å². The van der Waals surface area contributed by atoms with Gasteiger partial charge in [0.25, 0.3) is 0 Å². The number of hydrogen-bond acceptors (Lipinski definition) is 2. The summed E-state index contributed by atoms with van der Waals surface area (Å²) in [6.45, 7) is 11.2. The number of aliphatic hydroxyl groups is 1. The Hall–Kier alpha value is -0.890. The van der Waals surface area contributed by atoms with Crippen LogP contribution < -0.4 is 0 Å². The van der Waals surface area contributed by atoms with Crippen LogP contribution in [0.5, 0.6) is 0 Å². The Morgan fingerprint density at radius 2 is 2.18 bits per heavy atom. The van der Waals surface area contributed by atoms with Gasteiger partial charge in [0.2, 0.25) is 0 Å². The Balaban J connectivity index is 4.62. The van der Waals surface area contributed by atoms with Gasteiger partial charge in [0, 0.05) is 6.54 Å². The first-order chi connectivity index (χ1) is 5.08. The first-order valence-electron chi connectivity index (χ1n) is 3.61. The van der Waals surface area contributed by atoms with Crippen molar-refractivity contribution in [1.29, 1.82) is 0 Å². The molecule has 0 saturated carbocycles. The Kier molecular flexibility index (Phi) is 3.76. The highest BCUT2D eigenvalue weighted by Gasteiger charge is 2.19. The predicted octanol–water partition coefficient (Wildman–Crippen LogP) is 1.57. The van der Waals surface area contributed by atoms with Crippen molar-refractivity contribution in [2.45, 2.75) is 19.4 Å². The zero-order valence-electron chi connectivity index (χ0n) is 7.17. The SMILES string of the molecule is C=CC(=NCC)C(C)(O)C=C.